The van der Waals surface area contributed by atoms with Gasteiger partial charge in [0.05, 0.1) is 0 Å². The van der Waals surface area contributed by atoms with Gasteiger partial charge in [-0.15, -0.1) is 0 Å². The van der Waals surface area contributed by atoms with Gasteiger partial charge in [0.1, 0.15) is 9.98 Å². The molecule has 0 bridgehead atoms. The molecule has 0 aromatic carbocycles. The van der Waals surface area contributed by atoms with Crippen molar-refractivity contribution in [3.8, 4) is 6.08 Å². The second kappa shape index (κ2) is 4.79. The zero-order valence-corrected chi connectivity index (χ0v) is 11.8. The fourth-order valence-electron chi connectivity index (χ4n) is 1.77. The van der Waals surface area contributed by atoms with Gasteiger partial charge in [0.25, 0.3) is 5.71 Å². The summed E-state index contributed by atoms with van der Waals surface area (Å²) in [7, 11) is 0. The van der Waals surface area contributed by atoms with Gasteiger partial charge in [-0.2, -0.15) is 0 Å². The highest BCUT2D eigenvalue weighted by molar-refractivity contribution is 9.09. The molecule has 7 heteroatoms. The van der Waals surface area contributed by atoms with Crippen molar-refractivity contribution in [2.45, 2.75) is 4.83 Å². The highest BCUT2D eigenvalue weighted by Crippen LogP contribution is 2.28. The predicted molar refractivity (Wildman–Crippen MR) is 69.1 cm³/mol. The monoisotopic (exact) mass is 339 g/mol. The summed E-state index contributed by atoms with van der Waals surface area (Å²) in [6.45, 7) is 0. The molecular weight excluding hydrogens is 334 g/mol. The van der Waals surface area contributed by atoms with Crippen molar-refractivity contribution in [3.05, 3.63) is 52.9 Å². The molecule has 0 spiro atoms. The molecule has 0 fully saturated rings. The number of alkyl halides is 1. The van der Waals surface area contributed by atoms with Crippen LogP contribution in [-0.4, -0.2) is 10.1 Å². The van der Waals surface area contributed by atoms with Crippen LogP contribution < -0.4 is 9.62 Å². The van der Waals surface area contributed by atoms with Gasteiger partial charge in [0.15, 0.2) is 0 Å². The lowest BCUT2D eigenvalue weighted by atomic mass is 10.1. The first kappa shape index (κ1) is 12.4. The highest BCUT2D eigenvalue weighted by atomic mass is 79.9. The topological polar surface area (TPSA) is 66.1 Å². The standard InChI is InChI=1S/C12H7BrClN3O2/c13-11(7-4-5-9(14)15-6-7)8-2-1-3-10-17(8)16-12(18)19-10/h1-6,11H. The molecule has 0 saturated heterocycles. The van der Waals surface area contributed by atoms with E-state index in [1.807, 2.05) is 12.1 Å². The molecule has 96 valence electrons. The van der Waals surface area contributed by atoms with E-state index in [0.29, 0.717) is 10.9 Å². The Morgan fingerprint density at radius 2 is 2.16 bits per heavy atom. The third-order valence-electron chi connectivity index (χ3n) is 2.64. The summed E-state index contributed by atoms with van der Waals surface area (Å²) in [4.78, 5) is 3.86. The lowest BCUT2D eigenvalue weighted by Gasteiger charge is -2.05. The molecule has 1 unspecified atom stereocenters. The number of fused-ring (bicyclic) bond motifs is 1. The van der Waals surface area contributed by atoms with Gasteiger partial charge in [-0.1, -0.05) is 33.6 Å². The first-order valence-electron chi connectivity index (χ1n) is 5.39. The van der Waals surface area contributed by atoms with Gasteiger partial charge in [-0.05, 0) is 22.2 Å². The molecule has 0 aliphatic rings. The molecule has 3 aromatic rings. The summed E-state index contributed by atoms with van der Waals surface area (Å²) in [5, 5.41) is 15.4. The quantitative estimate of drug-likeness (QED) is 0.407. The second-order valence-electron chi connectivity index (χ2n) is 3.85. The molecule has 3 rings (SSSR count). The molecular formula is C12H7BrClN3O2. The summed E-state index contributed by atoms with van der Waals surface area (Å²) >= 11 is 9.32. The Morgan fingerprint density at radius 1 is 1.32 bits per heavy atom. The molecule has 0 saturated carbocycles. The minimum atomic E-state index is -0.624. The van der Waals surface area contributed by atoms with E-state index < -0.39 is 6.08 Å². The molecule has 0 N–H and O–H groups in total. The number of rotatable bonds is 2. The van der Waals surface area contributed by atoms with Crippen LogP contribution in [-0.2, 0) is 0 Å². The lowest BCUT2D eigenvalue weighted by Crippen LogP contribution is -2.30. The Kier molecular flexibility index (Phi) is 3.12. The Bertz CT molecular complexity index is 729. The van der Waals surface area contributed by atoms with Crippen LogP contribution >= 0.6 is 27.5 Å². The van der Waals surface area contributed by atoms with Crippen LogP contribution in [0.2, 0.25) is 5.15 Å². The number of nitrogens with zero attached hydrogens (tertiary/aromatic N) is 3. The minimum Gasteiger partial charge on any atom is -0.524 e. The predicted octanol–water partition coefficient (Wildman–Crippen LogP) is 2.02. The molecule has 0 radical (unpaired) electrons. The van der Waals surface area contributed by atoms with Gasteiger partial charge >= 0.3 is 0 Å². The Hall–Kier alpha value is -1.66. The average Bonchev–Trinajstić information content (AvgIpc) is 2.78. The Balaban J connectivity index is 2.10. The van der Waals surface area contributed by atoms with E-state index in [2.05, 4.69) is 26.0 Å². The van der Waals surface area contributed by atoms with Crippen LogP contribution in [0.25, 0.3) is 5.71 Å². The van der Waals surface area contributed by atoms with Crippen molar-refractivity contribution in [1.29, 1.82) is 0 Å². The summed E-state index contributed by atoms with van der Waals surface area (Å²) in [6.07, 6.45) is 1.04. The molecule has 3 aromatic heterocycles. The molecule has 1 atom stereocenters. The van der Waals surface area contributed by atoms with Gasteiger partial charge in [-0.3, -0.25) is 0 Å². The van der Waals surface area contributed by atoms with Gasteiger partial charge in [0.2, 0.25) is 11.8 Å². The van der Waals surface area contributed by atoms with Gasteiger partial charge in [-0.25, -0.2) is 4.98 Å². The van der Waals surface area contributed by atoms with Crippen LogP contribution in [0.3, 0.4) is 0 Å². The summed E-state index contributed by atoms with van der Waals surface area (Å²) in [5.41, 5.74) is 2.07. The SMILES string of the molecule is [O-]c1n[n+]2c(C(Br)c3ccc(Cl)nc3)cccc2o1. The molecule has 19 heavy (non-hydrogen) atoms. The van der Waals surface area contributed by atoms with Gasteiger partial charge < -0.3 is 9.52 Å². The minimum absolute atomic E-state index is 0.171. The van der Waals surface area contributed by atoms with Crippen molar-refractivity contribution < 1.29 is 14.0 Å². The smallest absolute Gasteiger partial charge is 0.295 e. The third kappa shape index (κ3) is 2.29. The van der Waals surface area contributed by atoms with Crippen molar-refractivity contribution in [2.75, 3.05) is 0 Å². The number of pyridine rings is 2. The number of hydrogen-bond acceptors (Lipinski definition) is 4. The van der Waals surface area contributed by atoms with E-state index >= 15 is 0 Å². The Labute approximate surface area is 121 Å². The van der Waals surface area contributed by atoms with Crippen molar-refractivity contribution in [3.63, 3.8) is 0 Å². The van der Waals surface area contributed by atoms with Crippen LogP contribution in [0.15, 0.2) is 40.9 Å². The van der Waals surface area contributed by atoms with E-state index in [-0.39, 0.29) is 4.83 Å². The Morgan fingerprint density at radius 3 is 2.89 bits per heavy atom. The molecule has 0 aliphatic carbocycles. The van der Waals surface area contributed by atoms with Gasteiger partial charge in [0, 0.05) is 23.4 Å². The largest absolute Gasteiger partial charge is 0.524 e. The van der Waals surface area contributed by atoms with Crippen molar-refractivity contribution in [2.24, 2.45) is 0 Å². The molecule has 3 heterocycles. The first-order chi connectivity index (χ1) is 9.15. The van der Waals surface area contributed by atoms with Crippen LogP contribution in [0.4, 0.5) is 0 Å². The maximum Gasteiger partial charge on any atom is 0.295 e. The number of halogens is 2. The number of hydrogen-bond donors (Lipinski definition) is 0. The maximum atomic E-state index is 11.2. The lowest BCUT2D eigenvalue weighted by molar-refractivity contribution is -0.591. The number of aromatic nitrogens is 3. The van der Waals surface area contributed by atoms with Crippen LogP contribution in [0, 0.1) is 0 Å². The average molecular weight is 341 g/mol. The molecule has 5 nitrogen and oxygen atoms in total. The zero-order valence-electron chi connectivity index (χ0n) is 9.46. The summed E-state index contributed by atoms with van der Waals surface area (Å²) in [5.74, 6) is 0. The molecule has 0 amide bonds. The first-order valence-corrected chi connectivity index (χ1v) is 6.69. The van der Waals surface area contributed by atoms with E-state index in [1.165, 1.54) is 4.52 Å². The van der Waals surface area contributed by atoms with Crippen molar-refractivity contribution >= 4 is 33.2 Å². The van der Waals surface area contributed by atoms with Crippen LogP contribution in [0.1, 0.15) is 16.1 Å². The van der Waals surface area contributed by atoms with Crippen molar-refractivity contribution in [1.82, 2.24) is 10.1 Å². The fraction of sp³-hybridized carbons (Fsp3) is 0.0833. The third-order valence-corrected chi connectivity index (χ3v) is 3.86. The summed E-state index contributed by atoms with van der Waals surface area (Å²) in [6, 6.07) is 8.89. The molecule has 0 aliphatic heterocycles. The van der Waals surface area contributed by atoms with E-state index in [4.69, 9.17) is 16.0 Å². The van der Waals surface area contributed by atoms with E-state index in [1.54, 1.807) is 24.4 Å². The normalized spacial score (nSPS) is 12.7. The maximum absolute atomic E-state index is 11.2. The summed E-state index contributed by atoms with van der Waals surface area (Å²) < 4.78 is 6.42. The fourth-order valence-corrected chi connectivity index (χ4v) is 2.50. The second-order valence-corrected chi connectivity index (χ2v) is 5.15. The highest BCUT2D eigenvalue weighted by Gasteiger charge is 2.22. The van der Waals surface area contributed by atoms with E-state index in [0.717, 1.165) is 11.3 Å². The van der Waals surface area contributed by atoms with Crippen LogP contribution in [0.5, 0.6) is 6.08 Å². The zero-order chi connectivity index (χ0) is 13.4. The van der Waals surface area contributed by atoms with E-state index in [9.17, 15) is 5.11 Å².